The van der Waals surface area contributed by atoms with E-state index in [1.165, 1.54) is 12.5 Å². The summed E-state index contributed by atoms with van der Waals surface area (Å²) in [5.74, 6) is 1.41. The van der Waals surface area contributed by atoms with Gasteiger partial charge in [-0.05, 0) is 68.0 Å². The van der Waals surface area contributed by atoms with Crippen LogP contribution in [-0.2, 0) is 19.1 Å². The maximum Gasteiger partial charge on any atom is 0.302 e. The number of esters is 1. The Kier molecular flexibility index (Phi) is 5.68. The fourth-order valence-electron chi connectivity index (χ4n) is 6.96. The number of pyridine rings is 1. The second-order valence-electron chi connectivity index (χ2n) is 10.8. The molecule has 2 unspecified atom stereocenters. The van der Waals surface area contributed by atoms with Gasteiger partial charge in [0.05, 0.1) is 5.57 Å². The van der Waals surface area contributed by atoms with E-state index in [9.17, 15) is 9.59 Å². The first-order valence-corrected chi connectivity index (χ1v) is 12.1. The van der Waals surface area contributed by atoms with Gasteiger partial charge in [0, 0.05) is 50.5 Å². The van der Waals surface area contributed by atoms with Gasteiger partial charge in [0.1, 0.15) is 18.0 Å². The second kappa shape index (κ2) is 8.39. The van der Waals surface area contributed by atoms with E-state index in [0.29, 0.717) is 6.42 Å². The number of allylic oxidation sites excluding steroid dienone is 3. The molecule has 176 valence electrons. The van der Waals surface area contributed by atoms with Crippen LogP contribution in [-0.4, -0.2) is 54.5 Å². The van der Waals surface area contributed by atoms with Gasteiger partial charge in [-0.3, -0.25) is 14.6 Å². The Morgan fingerprint density at radius 1 is 1.33 bits per heavy atom. The highest BCUT2D eigenvalue weighted by atomic mass is 16.5. The van der Waals surface area contributed by atoms with Crippen molar-refractivity contribution in [3.05, 3.63) is 53.1 Å². The Morgan fingerprint density at radius 2 is 2.15 bits per heavy atom. The number of nitrogens with zero attached hydrogens (tertiary/aromatic N) is 2. The summed E-state index contributed by atoms with van der Waals surface area (Å²) in [7, 11) is 4.10. The maximum atomic E-state index is 12.9. The first-order valence-electron chi connectivity index (χ1n) is 12.1. The number of ether oxygens (including phenoxy) is 2. The minimum atomic E-state index is -0.245. The van der Waals surface area contributed by atoms with Crippen molar-refractivity contribution in [1.82, 2.24) is 9.88 Å². The summed E-state index contributed by atoms with van der Waals surface area (Å²) in [6.07, 6.45) is 9.59. The van der Waals surface area contributed by atoms with Crippen molar-refractivity contribution in [2.24, 2.45) is 17.3 Å². The Balaban J connectivity index is 1.47. The molecule has 2 saturated carbocycles. The standard InChI is InChI=1S/C27H34N2O4/c1-16(30)32-24-13-21-26-18(7-8-27(21,2)25(24)19-6-5-9-28-14-19)12-20-22(31)10-17(15-29(3)4)11-23(20)33-26/h5-6,9,12,14,17,21,24-26H,7-8,10-11,13,15H2,1-4H3/t17?,21-,24?,25-,26+,27-/m0/s1. The van der Waals surface area contributed by atoms with Crippen LogP contribution in [0.3, 0.4) is 0 Å². The third kappa shape index (κ3) is 3.92. The average Bonchev–Trinajstić information content (AvgIpc) is 3.04. The molecule has 2 heterocycles. The molecular weight excluding hydrogens is 416 g/mol. The van der Waals surface area contributed by atoms with Gasteiger partial charge < -0.3 is 14.4 Å². The second-order valence-corrected chi connectivity index (χ2v) is 10.8. The highest BCUT2D eigenvalue weighted by Crippen LogP contribution is 2.62. The van der Waals surface area contributed by atoms with Crippen LogP contribution in [0, 0.1) is 17.3 Å². The smallest absolute Gasteiger partial charge is 0.302 e. The molecule has 0 radical (unpaired) electrons. The van der Waals surface area contributed by atoms with Crippen LogP contribution in [0.1, 0.15) is 57.4 Å². The molecule has 1 aromatic heterocycles. The molecule has 0 amide bonds. The molecule has 0 spiro atoms. The maximum absolute atomic E-state index is 12.9. The monoisotopic (exact) mass is 450 g/mol. The SMILES string of the molecule is CC(=O)OC1C[C@H]2[C@@H]3OC4=C(C=C3CC[C@]2(C)[C@H]1c1cccnc1)C(=O)CC(CN(C)C)C4. The Labute approximate surface area is 196 Å². The molecular formula is C27H34N2O4. The van der Waals surface area contributed by atoms with Crippen molar-refractivity contribution in [3.63, 3.8) is 0 Å². The third-order valence-corrected chi connectivity index (χ3v) is 8.23. The molecule has 6 atom stereocenters. The number of aromatic nitrogens is 1. The van der Waals surface area contributed by atoms with Crippen LogP contribution in [0.2, 0.25) is 0 Å². The van der Waals surface area contributed by atoms with Crippen LogP contribution >= 0.6 is 0 Å². The fourth-order valence-corrected chi connectivity index (χ4v) is 6.96. The number of ketones is 1. The van der Waals surface area contributed by atoms with Gasteiger partial charge in [0.25, 0.3) is 0 Å². The van der Waals surface area contributed by atoms with Gasteiger partial charge in [-0.15, -0.1) is 0 Å². The minimum absolute atomic E-state index is 0.0619. The predicted octanol–water partition coefficient (Wildman–Crippen LogP) is 4.04. The van der Waals surface area contributed by atoms with Gasteiger partial charge in [-0.2, -0.15) is 0 Å². The topological polar surface area (TPSA) is 68.7 Å². The summed E-state index contributed by atoms with van der Waals surface area (Å²) in [6.45, 7) is 4.69. The molecule has 0 N–H and O–H groups in total. The largest absolute Gasteiger partial charge is 0.489 e. The quantitative estimate of drug-likeness (QED) is 0.645. The van der Waals surface area contributed by atoms with Crippen LogP contribution in [0.15, 0.2) is 47.5 Å². The van der Waals surface area contributed by atoms with E-state index in [1.54, 1.807) is 6.20 Å². The summed E-state index contributed by atoms with van der Waals surface area (Å²) < 4.78 is 12.6. The Hall–Kier alpha value is -2.47. The van der Waals surface area contributed by atoms with Crippen molar-refractivity contribution >= 4 is 11.8 Å². The first-order chi connectivity index (χ1) is 15.8. The van der Waals surface area contributed by atoms with Gasteiger partial charge in [0.15, 0.2) is 5.78 Å². The summed E-state index contributed by atoms with van der Waals surface area (Å²) in [6, 6.07) is 4.05. The number of carbonyl (C=O) groups excluding carboxylic acids is 2. The summed E-state index contributed by atoms with van der Waals surface area (Å²) in [4.78, 5) is 31.4. The Bertz CT molecular complexity index is 1010. The highest BCUT2D eigenvalue weighted by molar-refractivity contribution is 6.00. The first kappa shape index (κ1) is 22.3. The van der Waals surface area contributed by atoms with Crippen molar-refractivity contribution in [2.75, 3.05) is 20.6 Å². The van der Waals surface area contributed by atoms with Gasteiger partial charge in [0.2, 0.25) is 0 Å². The van der Waals surface area contributed by atoms with E-state index in [1.807, 2.05) is 26.4 Å². The van der Waals surface area contributed by atoms with E-state index in [-0.39, 0.29) is 47.1 Å². The van der Waals surface area contributed by atoms with E-state index >= 15 is 0 Å². The lowest BCUT2D eigenvalue weighted by Crippen LogP contribution is -2.44. The number of Topliss-reactive ketones (excluding diaryl/α,β-unsaturated/α-hetero) is 1. The summed E-state index contributed by atoms with van der Waals surface area (Å²) in [5, 5.41) is 0. The lowest BCUT2D eigenvalue weighted by atomic mass is 9.61. The van der Waals surface area contributed by atoms with Crippen molar-refractivity contribution in [3.8, 4) is 0 Å². The van der Waals surface area contributed by atoms with E-state index in [0.717, 1.165) is 49.1 Å². The van der Waals surface area contributed by atoms with Crippen LogP contribution in [0.25, 0.3) is 0 Å². The zero-order valence-corrected chi connectivity index (χ0v) is 20.0. The average molecular weight is 451 g/mol. The molecule has 0 bridgehead atoms. The number of carbonyl (C=O) groups is 2. The molecule has 6 heteroatoms. The van der Waals surface area contributed by atoms with Crippen molar-refractivity contribution in [2.45, 2.75) is 64.1 Å². The molecule has 3 aliphatic carbocycles. The number of rotatable bonds is 4. The third-order valence-electron chi connectivity index (χ3n) is 8.23. The number of hydrogen-bond donors (Lipinski definition) is 0. The van der Waals surface area contributed by atoms with Gasteiger partial charge in [-0.25, -0.2) is 0 Å². The molecule has 6 nitrogen and oxygen atoms in total. The molecule has 5 rings (SSSR count). The fraction of sp³-hybridized carbons (Fsp3) is 0.593. The predicted molar refractivity (Wildman–Crippen MR) is 124 cm³/mol. The number of hydrogen-bond acceptors (Lipinski definition) is 6. The molecule has 2 fully saturated rings. The van der Waals surface area contributed by atoms with Gasteiger partial charge in [-0.1, -0.05) is 13.0 Å². The van der Waals surface area contributed by atoms with Crippen LogP contribution < -0.4 is 0 Å². The lowest BCUT2D eigenvalue weighted by molar-refractivity contribution is -0.147. The van der Waals surface area contributed by atoms with Crippen LogP contribution in [0.5, 0.6) is 0 Å². The zero-order valence-electron chi connectivity index (χ0n) is 20.0. The van der Waals surface area contributed by atoms with Crippen LogP contribution in [0.4, 0.5) is 0 Å². The highest BCUT2D eigenvalue weighted by Gasteiger charge is 2.60. The van der Waals surface area contributed by atoms with E-state index in [4.69, 9.17) is 9.47 Å². The van der Waals surface area contributed by atoms with E-state index < -0.39 is 0 Å². The zero-order chi connectivity index (χ0) is 23.3. The normalized spacial score (nSPS) is 35.4. The van der Waals surface area contributed by atoms with E-state index in [2.05, 4.69) is 29.0 Å². The summed E-state index contributed by atoms with van der Waals surface area (Å²) in [5.41, 5.74) is 3.06. The Morgan fingerprint density at radius 3 is 2.85 bits per heavy atom. The number of fused-ring (bicyclic) bond motifs is 3. The molecule has 1 aromatic rings. The molecule has 33 heavy (non-hydrogen) atoms. The van der Waals surface area contributed by atoms with Gasteiger partial charge >= 0.3 is 5.97 Å². The summed E-state index contributed by atoms with van der Waals surface area (Å²) >= 11 is 0. The molecule has 0 saturated heterocycles. The minimum Gasteiger partial charge on any atom is -0.489 e. The van der Waals surface area contributed by atoms with Crippen molar-refractivity contribution < 1.29 is 19.1 Å². The molecule has 0 aromatic carbocycles. The molecule has 1 aliphatic heterocycles. The van der Waals surface area contributed by atoms with Crippen molar-refractivity contribution in [1.29, 1.82) is 0 Å². The lowest BCUT2D eigenvalue weighted by Gasteiger charge is -2.48. The molecule has 4 aliphatic rings.